The first-order valence-electron chi connectivity index (χ1n) is 10.1. The van der Waals surface area contributed by atoms with Gasteiger partial charge in [0.2, 0.25) is 0 Å². The number of halogens is 1. The molecule has 1 amide bonds. The third-order valence-electron chi connectivity index (χ3n) is 5.34. The Kier molecular flexibility index (Phi) is 6.30. The van der Waals surface area contributed by atoms with Crippen molar-refractivity contribution in [2.45, 2.75) is 18.9 Å². The minimum absolute atomic E-state index is 0.0136. The van der Waals surface area contributed by atoms with E-state index in [2.05, 4.69) is 41.4 Å². The molecule has 0 radical (unpaired) electrons. The number of amides is 1. The Bertz CT molecular complexity index is 1120. The summed E-state index contributed by atoms with van der Waals surface area (Å²) in [7, 11) is 0. The molecule has 1 aliphatic carbocycles. The number of hydrogen-bond acceptors (Lipinski definition) is 3. The Morgan fingerprint density at radius 2 is 1.68 bits per heavy atom. The molecule has 0 spiro atoms. The van der Waals surface area contributed by atoms with Crippen LogP contribution in [0.4, 0.5) is 9.18 Å². The van der Waals surface area contributed by atoms with Crippen LogP contribution in [0, 0.1) is 17.7 Å². The number of ether oxygens (including phenoxy) is 1. The van der Waals surface area contributed by atoms with Gasteiger partial charge in [-0.15, -0.1) is 0 Å². The highest BCUT2D eigenvalue weighted by Crippen LogP contribution is 2.44. The predicted molar refractivity (Wildman–Crippen MR) is 117 cm³/mol. The summed E-state index contributed by atoms with van der Waals surface area (Å²) in [5.74, 6) is 5.06. The second-order valence-electron chi connectivity index (χ2n) is 7.24. The zero-order chi connectivity index (χ0) is 21.6. The van der Waals surface area contributed by atoms with E-state index in [1.807, 2.05) is 24.3 Å². The summed E-state index contributed by atoms with van der Waals surface area (Å²) in [5.41, 5.74) is 5.13. The van der Waals surface area contributed by atoms with Crippen molar-refractivity contribution in [1.82, 2.24) is 5.32 Å². The molecule has 0 atom stereocenters. The first-order valence-corrected chi connectivity index (χ1v) is 10.1. The average molecular weight is 415 g/mol. The summed E-state index contributed by atoms with van der Waals surface area (Å²) in [6, 6.07) is 21.1. The number of rotatable bonds is 5. The van der Waals surface area contributed by atoms with Crippen molar-refractivity contribution in [3.05, 3.63) is 94.8 Å². The predicted octanol–water partition coefficient (Wildman–Crippen LogP) is 4.60. The molecule has 0 heterocycles. The van der Waals surface area contributed by atoms with Crippen LogP contribution in [0.2, 0.25) is 0 Å². The summed E-state index contributed by atoms with van der Waals surface area (Å²) in [5, 5.41) is 11.8. The maximum atomic E-state index is 14.0. The van der Waals surface area contributed by atoms with Crippen molar-refractivity contribution in [2.75, 3.05) is 13.2 Å². The second kappa shape index (κ2) is 9.46. The van der Waals surface area contributed by atoms with Crippen molar-refractivity contribution in [1.29, 1.82) is 0 Å². The minimum Gasteiger partial charge on any atom is -0.449 e. The van der Waals surface area contributed by atoms with E-state index in [1.165, 1.54) is 17.2 Å². The maximum absolute atomic E-state index is 14.0. The Balaban J connectivity index is 1.29. The van der Waals surface area contributed by atoms with Gasteiger partial charge in [-0.25, -0.2) is 9.18 Å². The van der Waals surface area contributed by atoms with Gasteiger partial charge < -0.3 is 15.2 Å². The number of fused-ring (bicyclic) bond motifs is 3. The molecule has 3 aromatic rings. The van der Waals surface area contributed by atoms with Gasteiger partial charge in [-0.3, -0.25) is 0 Å². The van der Waals surface area contributed by atoms with Crippen molar-refractivity contribution < 1.29 is 19.0 Å². The Hall–Kier alpha value is -3.62. The van der Waals surface area contributed by atoms with Crippen LogP contribution in [0.3, 0.4) is 0 Å². The highest BCUT2D eigenvalue weighted by molar-refractivity contribution is 5.79. The summed E-state index contributed by atoms with van der Waals surface area (Å²) < 4.78 is 19.5. The number of hydrogen-bond donors (Lipinski definition) is 2. The van der Waals surface area contributed by atoms with Crippen LogP contribution in [-0.4, -0.2) is 24.4 Å². The van der Waals surface area contributed by atoms with E-state index in [1.54, 1.807) is 12.1 Å². The molecular formula is C26H22FNO3. The molecule has 0 bridgehead atoms. The lowest BCUT2D eigenvalue weighted by Crippen LogP contribution is -2.26. The van der Waals surface area contributed by atoms with E-state index in [-0.39, 0.29) is 30.3 Å². The van der Waals surface area contributed by atoms with Crippen LogP contribution in [0.25, 0.3) is 11.1 Å². The van der Waals surface area contributed by atoms with Gasteiger partial charge in [-0.2, -0.15) is 0 Å². The van der Waals surface area contributed by atoms with E-state index < -0.39 is 11.9 Å². The van der Waals surface area contributed by atoms with E-state index in [4.69, 9.17) is 9.84 Å². The van der Waals surface area contributed by atoms with E-state index in [0.717, 1.165) is 11.1 Å². The van der Waals surface area contributed by atoms with Crippen LogP contribution in [-0.2, 0) is 11.3 Å². The third-order valence-corrected chi connectivity index (χ3v) is 5.34. The highest BCUT2D eigenvalue weighted by atomic mass is 19.1. The Morgan fingerprint density at radius 3 is 2.35 bits per heavy atom. The molecule has 4 nitrogen and oxygen atoms in total. The lowest BCUT2D eigenvalue weighted by molar-refractivity contribution is 0.143. The molecule has 0 saturated carbocycles. The Morgan fingerprint density at radius 1 is 1.00 bits per heavy atom. The first-order chi connectivity index (χ1) is 15.2. The van der Waals surface area contributed by atoms with Gasteiger partial charge in [0.05, 0.1) is 12.2 Å². The molecule has 0 unspecified atom stereocenters. The second-order valence-corrected chi connectivity index (χ2v) is 7.24. The minimum atomic E-state index is -0.512. The fourth-order valence-electron chi connectivity index (χ4n) is 3.83. The number of carbonyl (C=O) groups is 1. The van der Waals surface area contributed by atoms with Gasteiger partial charge in [0.25, 0.3) is 0 Å². The largest absolute Gasteiger partial charge is 0.449 e. The Labute approximate surface area is 180 Å². The number of alkyl carbamates (subject to hydrolysis) is 1. The molecule has 4 rings (SSSR count). The zero-order valence-electron chi connectivity index (χ0n) is 16.9. The molecule has 0 aromatic heterocycles. The summed E-state index contributed by atoms with van der Waals surface area (Å²) in [6.07, 6.45) is -0.149. The molecule has 1 aliphatic rings. The van der Waals surface area contributed by atoms with Crippen molar-refractivity contribution in [3.63, 3.8) is 0 Å². The molecule has 156 valence electrons. The SMILES string of the molecule is O=C(NCCC#Cc1cccc(CO)c1F)OCC1c2ccccc2-c2ccccc21. The summed E-state index contributed by atoms with van der Waals surface area (Å²) in [6.45, 7) is 0.181. The van der Waals surface area contributed by atoms with E-state index >= 15 is 0 Å². The van der Waals surface area contributed by atoms with Crippen molar-refractivity contribution in [3.8, 4) is 23.0 Å². The average Bonchev–Trinajstić information content (AvgIpc) is 3.12. The number of benzene rings is 3. The van der Waals surface area contributed by atoms with Gasteiger partial charge in [0.15, 0.2) is 0 Å². The smallest absolute Gasteiger partial charge is 0.407 e. The topological polar surface area (TPSA) is 58.6 Å². The van der Waals surface area contributed by atoms with Crippen LogP contribution in [0.15, 0.2) is 66.7 Å². The fourth-order valence-corrected chi connectivity index (χ4v) is 3.83. The van der Waals surface area contributed by atoms with E-state index in [0.29, 0.717) is 13.0 Å². The van der Waals surface area contributed by atoms with Crippen LogP contribution in [0.5, 0.6) is 0 Å². The highest BCUT2D eigenvalue weighted by Gasteiger charge is 2.28. The molecule has 5 heteroatoms. The van der Waals surface area contributed by atoms with Gasteiger partial charge >= 0.3 is 6.09 Å². The molecular weight excluding hydrogens is 393 g/mol. The number of aliphatic hydroxyl groups is 1. The van der Waals surface area contributed by atoms with Crippen LogP contribution >= 0.6 is 0 Å². The van der Waals surface area contributed by atoms with Gasteiger partial charge in [0, 0.05) is 24.4 Å². The zero-order valence-corrected chi connectivity index (χ0v) is 16.9. The number of nitrogens with one attached hydrogen (secondary N) is 1. The number of aliphatic hydroxyl groups excluding tert-OH is 1. The molecule has 0 aliphatic heterocycles. The molecule has 2 N–H and O–H groups in total. The molecule has 31 heavy (non-hydrogen) atoms. The monoisotopic (exact) mass is 415 g/mol. The lowest BCUT2D eigenvalue weighted by atomic mass is 9.98. The molecule has 0 fully saturated rings. The van der Waals surface area contributed by atoms with Crippen LogP contribution in [0.1, 0.15) is 34.6 Å². The summed E-state index contributed by atoms with van der Waals surface area (Å²) >= 11 is 0. The van der Waals surface area contributed by atoms with Crippen molar-refractivity contribution in [2.24, 2.45) is 0 Å². The van der Waals surface area contributed by atoms with Gasteiger partial charge in [-0.05, 0) is 28.3 Å². The lowest BCUT2D eigenvalue weighted by Gasteiger charge is -2.14. The maximum Gasteiger partial charge on any atom is 0.407 e. The van der Waals surface area contributed by atoms with Gasteiger partial charge in [-0.1, -0.05) is 72.5 Å². The molecule has 0 saturated heterocycles. The van der Waals surface area contributed by atoms with E-state index in [9.17, 15) is 9.18 Å². The van der Waals surface area contributed by atoms with Gasteiger partial charge in [0.1, 0.15) is 12.4 Å². The third kappa shape index (κ3) is 4.45. The van der Waals surface area contributed by atoms with Crippen molar-refractivity contribution >= 4 is 6.09 Å². The fraction of sp³-hybridized carbons (Fsp3) is 0.192. The van der Waals surface area contributed by atoms with Crippen LogP contribution < -0.4 is 5.32 Å². The normalized spacial score (nSPS) is 11.8. The number of carbonyl (C=O) groups excluding carboxylic acids is 1. The first kappa shape index (κ1) is 20.6. The standard InChI is InChI=1S/C26H22FNO3/c27-25-18(9-7-10-19(25)16-29)8-5-6-15-28-26(30)31-17-24-22-13-3-1-11-20(22)21-12-2-4-14-23(21)24/h1-4,7,9-14,24,29H,6,15-17H2,(H,28,30). The summed E-state index contributed by atoms with van der Waals surface area (Å²) in [4.78, 5) is 12.1. The molecule has 3 aromatic carbocycles. The quantitative estimate of drug-likeness (QED) is 0.473.